The molecule has 1 unspecified atom stereocenters. The van der Waals surface area contributed by atoms with Crippen LogP contribution in [0, 0.1) is 5.92 Å². The molecule has 17 heavy (non-hydrogen) atoms. The van der Waals surface area contributed by atoms with Crippen molar-refractivity contribution in [1.29, 1.82) is 0 Å². The largest absolute Gasteiger partial charge is 0.347 e. The van der Waals surface area contributed by atoms with Gasteiger partial charge in [-0.1, -0.05) is 38.1 Å². The van der Waals surface area contributed by atoms with E-state index in [0.29, 0.717) is 5.92 Å². The van der Waals surface area contributed by atoms with Crippen LogP contribution in [-0.4, -0.2) is 24.9 Å². The number of amides is 1. The molecule has 0 bridgehead atoms. The number of halogens is 1. The first-order chi connectivity index (χ1) is 7.91. The molecule has 1 rings (SSSR count). The van der Waals surface area contributed by atoms with Crippen molar-refractivity contribution >= 4 is 17.5 Å². The zero-order valence-corrected chi connectivity index (χ0v) is 11.7. The quantitative estimate of drug-likeness (QED) is 0.755. The molecular formula is C14H20ClNO. The van der Waals surface area contributed by atoms with Gasteiger partial charge in [-0.3, -0.25) is 4.79 Å². The maximum Gasteiger partial charge on any atom is 0.244 e. The fourth-order valence-electron chi connectivity index (χ4n) is 1.66. The highest BCUT2D eigenvalue weighted by Gasteiger charge is 2.18. The molecule has 0 aliphatic heterocycles. The van der Waals surface area contributed by atoms with Crippen LogP contribution in [0.4, 0.5) is 0 Å². The third kappa shape index (κ3) is 4.04. The van der Waals surface area contributed by atoms with Crippen LogP contribution in [0.15, 0.2) is 24.3 Å². The number of alkyl halides is 1. The molecular weight excluding hydrogens is 234 g/mol. The van der Waals surface area contributed by atoms with Gasteiger partial charge in [0.1, 0.15) is 5.38 Å². The van der Waals surface area contributed by atoms with Gasteiger partial charge >= 0.3 is 0 Å². The molecule has 0 N–H and O–H groups in total. The molecule has 1 aromatic carbocycles. The van der Waals surface area contributed by atoms with Crippen molar-refractivity contribution in [3.05, 3.63) is 35.4 Å². The van der Waals surface area contributed by atoms with E-state index in [9.17, 15) is 4.79 Å². The molecule has 0 radical (unpaired) electrons. The van der Waals surface area contributed by atoms with E-state index in [1.807, 2.05) is 24.3 Å². The number of carbonyl (C=O) groups excluding carboxylic acids is 1. The summed E-state index contributed by atoms with van der Waals surface area (Å²) < 4.78 is 0. The van der Waals surface area contributed by atoms with Crippen LogP contribution in [-0.2, 0) is 11.2 Å². The molecule has 94 valence electrons. The van der Waals surface area contributed by atoms with Crippen LogP contribution >= 0.6 is 11.6 Å². The van der Waals surface area contributed by atoms with E-state index in [4.69, 9.17) is 11.6 Å². The van der Waals surface area contributed by atoms with Gasteiger partial charge in [-0.2, -0.15) is 0 Å². The molecule has 0 aliphatic carbocycles. The number of hydrogen-bond acceptors (Lipinski definition) is 1. The van der Waals surface area contributed by atoms with Crippen molar-refractivity contribution in [3.63, 3.8) is 0 Å². The lowest BCUT2D eigenvalue weighted by Gasteiger charge is -2.15. The standard InChI is InChI=1S/C14H20ClNO/c1-10(2)9-11-5-7-12(8-6-11)13(15)14(17)16(3)4/h5-8,10,13H,9H2,1-4H3. The normalized spacial score (nSPS) is 12.6. The minimum atomic E-state index is -0.585. The Morgan fingerprint density at radius 1 is 1.24 bits per heavy atom. The van der Waals surface area contributed by atoms with Crippen LogP contribution < -0.4 is 0 Å². The molecule has 1 atom stereocenters. The van der Waals surface area contributed by atoms with Gasteiger partial charge in [0.15, 0.2) is 0 Å². The predicted molar refractivity (Wildman–Crippen MR) is 72.3 cm³/mol. The molecule has 0 aromatic heterocycles. The molecule has 0 aliphatic rings. The Bertz CT molecular complexity index is 370. The van der Waals surface area contributed by atoms with E-state index in [0.717, 1.165) is 12.0 Å². The van der Waals surface area contributed by atoms with Gasteiger partial charge < -0.3 is 4.90 Å². The first-order valence-electron chi connectivity index (χ1n) is 5.86. The van der Waals surface area contributed by atoms with Crippen LogP contribution in [0.3, 0.4) is 0 Å². The average Bonchev–Trinajstić information content (AvgIpc) is 2.27. The van der Waals surface area contributed by atoms with Crippen LogP contribution in [0.2, 0.25) is 0 Å². The Hall–Kier alpha value is -1.02. The minimum absolute atomic E-state index is 0.0803. The molecule has 0 fully saturated rings. The van der Waals surface area contributed by atoms with Gasteiger partial charge in [0, 0.05) is 14.1 Å². The summed E-state index contributed by atoms with van der Waals surface area (Å²) in [4.78, 5) is 13.2. The Kier molecular flexibility index (Phi) is 5.01. The highest BCUT2D eigenvalue weighted by atomic mass is 35.5. The van der Waals surface area contributed by atoms with Crippen molar-refractivity contribution in [2.24, 2.45) is 5.92 Å². The lowest BCUT2D eigenvalue weighted by molar-refractivity contribution is -0.128. The van der Waals surface area contributed by atoms with Gasteiger partial charge in [-0.25, -0.2) is 0 Å². The fourth-order valence-corrected chi connectivity index (χ4v) is 2.00. The number of nitrogens with zero attached hydrogens (tertiary/aromatic N) is 1. The fraction of sp³-hybridized carbons (Fsp3) is 0.500. The van der Waals surface area contributed by atoms with Gasteiger partial charge in [0.05, 0.1) is 0 Å². The second kappa shape index (κ2) is 6.06. The van der Waals surface area contributed by atoms with E-state index in [2.05, 4.69) is 13.8 Å². The minimum Gasteiger partial charge on any atom is -0.347 e. The topological polar surface area (TPSA) is 20.3 Å². The molecule has 3 heteroatoms. The lowest BCUT2D eigenvalue weighted by Crippen LogP contribution is -2.25. The molecule has 0 spiro atoms. The summed E-state index contributed by atoms with van der Waals surface area (Å²) in [5.41, 5.74) is 2.14. The van der Waals surface area contributed by atoms with Crippen molar-refractivity contribution in [2.45, 2.75) is 25.6 Å². The zero-order valence-electron chi connectivity index (χ0n) is 10.9. The van der Waals surface area contributed by atoms with Crippen molar-refractivity contribution in [3.8, 4) is 0 Å². The summed E-state index contributed by atoms with van der Waals surface area (Å²) in [6.45, 7) is 4.38. The summed E-state index contributed by atoms with van der Waals surface area (Å²) in [7, 11) is 3.43. The highest BCUT2D eigenvalue weighted by molar-refractivity contribution is 6.30. The lowest BCUT2D eigenvalue weighted by atomic mass is 10.0. The summed E-state index contributed by atoms with van der Waals surface area (Å²) >= 11 is 6.12. The molecule has 0 saturated carbocycles. The first kappa shape index (κ1) is 14.0. The second-order valence-electron chi connectivity index (χ2n) is 4.93. The first-order valence-corrected chi connectivity index (χ1v) is 6.29. The second-order valence-corrected chi connectivity index (χ2v) is 5.37. The van der Waals surface area contributed by atoms with E-state index < -0.39 is 5.38 Å². The SMILES string of the molecule is CC(C)Cc1ccc(C(Cl)C(=O)N(C)C)cc1. The van der Waals surface area contributed by atoms with Gasteiger partial charge in [0.25, 0.3) is 0 Å². The van der Waals surface area contributed by atoms with E-state index in [1.54, 1.807) is 14.1 Å². The van der Waals surface area contributed by atoms with Crippen molar-refractivity contribution in [2.75, 3.05) is 14.1 Å². The van der Waals surface area contributed by atoms with Gasteiger partial charge in [-0.05, 0) is 23.5 Å². The third-order valence-corrected chi connectivity index (χ3v) is 3.01. The predicted octanol–water partition coefficient (Wildman–Crippen LogP) is 3.25. The van der Waals surface area contributed by atoms with Crippen molar-refractivity contribution < 1.29 is 4.79 Å². The van der Waals surface area contributed by atoms with E-state index in [1.165, 1.54) is 10.5 Å². The van der Waals surface area contributed by atoms with Crippen LogP contribution in [0.25, 0.3) is 0 Å². The van der Waals surface area contributed by atoms with E-state index >= 15 is 0 Å². The number of hydrogen-bond donors (Lipinski definition) is 0. The highest BCUT2D eigenvalue weighted by Crippen LogP contribution is 2.23. The Morgan fingerprint density at radius 2 is 1.76 bits per heavy atom. The van der Waals surface area contributed by atoms with Crippen LogP contribution in [0.5, 0.6) is 0 Å². The van der Waals surface area contributed by atoms with Crippen LogP contribution in [0.1, 0.15) is 30.4 Å². The van der Waals surface area contributed by atoms with Gasteiger partial charge in [0.2, 0.25) is 5.91 Å². The maximum atomic E-state index is 11.7. The number of benzene rings is 1. The number of likely N-dealkylation sites (N-methyl/N-ethyl adjacent to an activating group) is 1. The molecule has 0 heterocycles. The Labute approximate surface area is 109 Å². The monoisotopic (exact) mass is 253 g/mol. The van der Waals surface area contributed by atoms with E-state index in [-0.39, 0.29) is 5.91 Å². The maximum absolute atomic E-state index is 11.7. The molecule has 1 amide bonds. The summed E-state index contributed by atoms with van der Waals surface area (Å²) in [5, 5.41) is -0.585. The third-order valence-electron chi connectivity index (χ3n) is 2.57. The van der Waals surface area contributed by atoms with Crippen molar-refractivity contribution in [1.82, 2.24) is 4.90 Å². The molecule has 2 nitrogen and oxygen atoms in total. The summed E-state index contributed by atoms with van der Waals surface area (Å²) in [5.74, 6) is 0.555. The number of rotatable bonds is 4. The smallest absolute Gasteiger partial charge is 0.244 e. The molecule has 1 aromatic rings. The number of carbonyl (C=O) groups is 1. The average molecular weight is 254 g/mol. The van der Waals surface area contributed by atoms with Gasteiger partial charge in [-0.15, -0.1) is 11.6 Å². The Morgan fingerprint density at radius 3 is 2.18 bits per heavy atom. The molecule has 0 saturated heterocycles. The zero-order chi connectivity index (χ0) is 13.0. The summed E-state index contributed by atoms with van der Waals surface area (Å²) in [6.07, 6.45) is 1.05. The summed E-state index contributed by atoms with van der Waals surface area (Å²) in [6, 6.07) is 7.98. The Balaban J connectivity index is 2.77.